The van der Waals surface area contributed by atoms with Crippen LogP contribution in [0, 0.1) is 0 Å². The number of hydrogen-bond acceptors (Lipinski definition) is 4. The summed E-state index contributed by atoms with van der Waals surface area (Å²) >= 11 is 1.80. The van der Waals surface area contributed by atoms with Crippen molar-refractivity contribution < 1.29 is 0 Å². The molecule has 14 heavy (non-hydrogen) atoms. The number of nitrogens with zero attached hydrogens (tertiary/aromatic N) is 1. The standard InChI is InChI=1S/C10H17N3S/c1-7(11-2)9-6-14-10(13-9)8-3-4-12-5-8/h6-8,11-12H,3-5H2,1-2H3. The minimum atomic E-state index is 0.370. The fourth-order valence-corrected chi connectivity index (χ4v) is 2.75. The molecule has 2 unspecified atom stereocenters. The van der Waals surface area contributed by atoms with Crippen molar-refractivity contribution in [3.8, 4) is 0 Å². The lowest BCUT2D eigenvalue weighted by atomic mass is 10.1. The van der Waals surface area contributed by atoms with Gasteiger partial charge < -0.3 is 10.6 Å². The summed E-state index contributed by atoms with van der Waals surface area (Å²) in [6, 6.07) is 0.370. The van der Waals surface area contributed by atoms with Gasteiger partial charge in [-0.1, -0.05) is 0 Å². The third kappa shape index (κ3) is 1.97. The van der Waals surface area contributed by atoms with Crippen LogP contribution in [0.25, 0.3) is 0 Å². The van der Waals surface area contributed by atoms with Crippen LogP contribution in [0.3, 0.4) is 0 Å². The van der Waals surface area contributed by atoms with Gasteiger partial charge in [0.1, 0.15) is 0 Å². The fourth-order valence-electron chi connectivity index (χ4n) is 1.70. The van der Waals surface area contributed by atoms with Crippen LogP contribution in [0.4, 0.5) is 0 Å². The van der Waals surface area contributed by atoms with Gasteiger partial charge >= 0.3 is 0 Å². The van der Waals surface area contributed by atoms with Crippen LogP contribution in [-0.4, -0.2) is 25.1 Å². The molecule has 0 aliphatic carbocycles. The van der Waals surface area contributed by atoms with E-state index in [4.69, 9.17) is 0 Å². The van der Waals surface area contributed by atoms with Crippen LogP contribution < -0.4 is 10.6 Å². The van der Waals surface area contributed by atoms with E-state index in [9.17, 15) is 0 Å². The van der Waals surface area contributed by atoms with Crippen LogP contribution in [-0.2, 0) is 0 Å². The van der Waals surface area contributed by atoms with E-state index in [2.05, 4.69) is 27.9 Å². The van der Waals surface area contributed by atoms with Crippen LogP contribution in [0.5, 0.6) is 0 Å². The number of thiazole rings is 1. The third-order valence-corrected chi connectivity index (χ3v) is 3.85. The van der Waals surface area contributed by atoms with Crippen molar-refractivity contribution in [3.63, 3.8) is 0 Å². The highest BCUT2D eigenvalue weighted by Gasteiger charge is 2.20. The minimum absolute atomic E-state index is 0.370. The molecule has 2 N–H and O–H groups in total. The van der Waals surface area contributed by atoms with Gasteiger partial charge in [-0.3, -0.25) is 0 Å². The van der Waals surface area contributed by atoms with Gasteiger partial charge in [-0.25, -0.2) is 4.98 Å². The lowest BCUT2D eigenvalue weighted by Crippen LogP contribution is -2.13. The number of nitrogens with one attached hydrogen (secondary N) is 2. The summed E-state index contributed by atoms with van der Waals surface area (Å²) in [6.07, 6.45) is 1.24. The van der Waals surface area contributed by atoms with Gasteiger partial charge in [0.15, 0.2) is 0 Å². The maximum Gasteiger partial charge on any atom is 0.0973 e. The average Bonchev–Trinajstić information content (AvgIpc) is 2.86. The Kier molecular flexibility index (Phi) is 3.15. The molecule has 1 aromatic heterocycles. The summed E-state index contributed by atoms with van der Waals surface area (Å²) in [7, 11) is 1.97. The van der Waals surface area contributed by atoms with Crippen molar-refractivity contribution in [1.29, 1.82) is 0 Å². The Morgan fingerprint density at radius 1 is 1.71 bits per heavy atom. The van der Waals surface area contributed by atoms with E-state index in [-0.39, 0.29) is 0 Å². The lowest BCUT2D eigenvalue weighted by Gasteiger charge is -2.06. The Morgan fingerprint density at radius 3 is 3.21 bits per heavy atom. The first-order chi connectivity index (χ1) is 6.81. The van der Waals surface area contributed by atoms with E-state index in [1.54, 1.807) is 11.3 Å². The first-order valence-electron chi connectivity index (χ1n) is 5.14. The molecular formula is C10H17N3S. The lowest BCUT2D eigenvalue weighted by molar-refractivity contribution is 0.629. The maximum atomic E-state index is 4.68. The highest BCUT2D eigenvalue weighted by molar-refractivity contribution is 7.09. The van der Waals surface area contributed by atoms with Gasteiger partial charge in [0.25, 0.3) is 0 Å². The van der Waals surface area contributed by atoms with Crippen LogP contribution in [0.1, 0.15) is 36.0 Å². The molecule has 0 saturated carbocycles. The van der Waals surface area contributed by atoms with E-state index in [1.165, 1.54) is 17.1 Å². The fraction of sp³-hybridized carbons (Fsp3) is 0.700. The van der Waals surface area contributed by atoms with Crippen LogP contribution in [0.2, 0.25) is 0 Å². The quantitative estimate of drug-likeness (QED) is 0.795. The second kappa shape index (κ2) is 4.38. The first kappa shape index (κ1) is 10.1. The zero-order chi connectivity index (χ0) is 9.97. The molecule has 1 aliphatic rings. The molecule has 1 fully saturated rings. The second-order valence-corrected chi connectivity index (χ2v) is 4.70. The summed E-state index contributed by atoms with van der Waals surface area (Å²) in [5.41, 5.74) is 1.18. The van der Waals surface area contributed by atoms with Gasteiger partial charge in [-0.05, 0) is 26.9 Å². The average molecular weight is 211 g/mol. The van der Waals surface area contributed by atoms with E-state index in [0.717, 1.165) is 13.1 Å². The predicted octanol–water partition coefficient (Wildman–Crippen LogP) is 1.50. The van der Waals surface area contributed by atoms with Crippen LogP contribution >= 0.6 is 11.3 Å². The van der Waals surface area contributed by atoms with Crippen molar-refractivity contribution in [2.75, 3.05) is 20.1 Å². The normalized spacial score (nSPS) is 24.0. The Morgan fingerprint density at radius 2 is 2.57 bits per heavy atom. The predicted molar refractivity (Wildman–Crippen MR) is 59.8 cm³/mol. The van der Waals surface area contributed by atoms with Crippen molar-refractivity contribution in [2.45, 2.75) is 25.3 Å². The van der Waals surface area contributed by atoms with E-state index >= 15 is 0 Å². The molecule has 1 aliphatic heterocycles. The third-order valence-electron chi connectivity index (χ3n) is 2.83. The molecule has 2 heterocycles. The molecule has 2 rings (SSSR count). The Bertz CT molecular complexity index is 291. The molecule has 0 spiro atoms. The summed E-state index contributed by atoms with van der Waals surface area (Å²) in [6.45, 7) is 4.38. The molecular weight excluding hydrogens is 194 g/mol. The molecule has 1 saturated heterocycles. The highest BCUT2D eigenvalue weighted by atomic mass is 32.1. The number of aromatic nitrogens is 1. The maximum absolute atomic E-state index is 4.68. The minimum Gasteiger partial charge on any atom is -0.316 e. The molecule has 3 nitrogen and oxygen atoms in total. The zero-order valence-corrected chi connectivity index (χ0v) is 9.53. The van der Waals surface area contributed by atoms with Gasteiger partial charge in [-0.2, -0.15) is 0 Å². The zero-order valence-electron chi connectivity index (χ0n) is 8.71. The van der Waals surface area contributed by atoms with Crippen molar-refractivity contribution in [3.05, 3.63) is 16.1 Å². The molecule has 1 aromatic rings. The van der Waals surface area contributed by atoms with Gasteiger partial charge in [0.2, 0.25) is 0 Å². The van der Waals surface area contributed by atoms with Gasteiger partial charge in [0.05, 0.1) is 10.7 Å². The summed E-state index contributed by atoms with van der Waals surface area (Å²) in [4.78, 5) is 4.68. The van der Waals surface area contributed by atoms with Crippen molar-refractivity contribution >= 4 is 11.3 Å². The molecule has 0 radical (unpaired) electrons. The highest BCUT2D eigenvalue weighted by Crippen LogP contribution is 2.27. The largest absolute Gasteiger partial charge is 0.316 e. The van der Waals surface area contributed by atoms with E-state index in [0.29, 0.717) is 12.0 Å². The Hall–Kier alpha value is -0.450. The smallest absolute Gasteiger partial charge is 0.0973 e. The molecule has 78 valence electrons. The molecule has 0 aromatic carbocycles. The topological polar surface area (TPSA) is 37.0 Å². The second-order valence-electron chi connectivity index (χ2n) is 3.81. The molecule has 0 amide bonds. The molecule has 4 heteroatoms. The summed E-state index contributed by atoms with van der Waals surface area (Å²) in [5, 5.41) is 10.1. The molecule has 2 atom stereocenters. The summed E-state index contributed by atoms with van der Waals surface area (Å²) in [5.74, 6) is 0.651. The van der Waals surface area contributed by atoms with Crippen molar-refractivity contribution in [2.24, 2.45) is 0 Å². The Balaban J connectivity index is 2.08. The Labute approximate surface area is 88.9 Å². The van der Waals surface area contributed by atoms with E-state index in [1.807, 2.05) is 7.05 Å². The van der Waals surface area contributed by atoms with Gasteiger partial charge in [-0.15, -0.1) is 11.3 Å². The monoisotopic (exact) mass is 211 g/mol. The first-order valence-corrected chi connectivity index (χ1v) is 6.02. The SMILES string of the molecule is CNC(C)c1csc(C2CCNC2)n1. The van der Waals surface area contributed by atoms with Gasteiger partial charge in [0, 0.05) is 23.9 Å². The van der Waals surface area contributed by atoms with Crippen LogP contribution in [0.15, 0.2) is 5.38 Å². The summed E-state index contributed by atoms with van der Waals surface area (Å²) < 4.78 is 0. The van der Waals surface area contributed by atoms with E-state index < -0.39 is 0 Å². The van der Waals surface area contributed by atoms with Crippen molar-refractivity contribution in [1.82, 2.24) is 15.6 Å². The number of rotatable bonds is 3. The number of hydrogen-bond donors (Lipinski definition) is 2. The molecule has 0 bridgehead atoms.